The molecule has 1 aromatic carbocycles. The molecule has 3 rings (SSSR count). The Kier molecular flexibility index (Phi) is 5.03. The number of nitrogens with one attached hydrogen (secondary N) is 1. The lowest BCUT2D eigenvalue weighted by Gasteiger charge is -2.06. The van der Waals surface area contributed by atoms with Crippen molar-refractivity contribution in [3.05, 3.63) is 47.2 Å². The van der Waals surface area contributed by atoms with Crippen LogP contribution >= 0.6 is 23.4 Å². The van der Waals surface area contributed by atoms with E-state index in [1.807, 2.05) is 12.1 Å². The van der Waals surface area contributed by atoms with E-state index in [4.69, 9.17) is 11.6 Å². The molecule has 0 amide bonds. The molecule has 1 saturated carbocycles. The molecular weight excluding hydrogens is 334 g/mol. The highest BCUT2D eigenvalue weighted by Gasteiger charge is 2.38. The van der Waals surface area contributed by atoms with Crippen LogP contribution in [0.2, 0.25) is 5.02 Å². The normalized spacial score (nSPS) is 19.2. The number of hydrogen-bond acceptors (Lipinski definition) is 6. The van der Waals surface area contributed by atoms with E-state index in [0.29, 0.717) is 17.0 Å². The minimum absolute atomic E-state index is 0.228. The van der Waals surface area contributed by atoms with Gasteiger partial charge in [-0.05, 0) is 24.1 Å². The fraction of sp³-hybridized carbons (Fsp3) is 0.312. The van der Waals surface area contributed by atoms with Crippen LogP contribution < -0.4 is 5.32 Å². The topological polar surface area (TPSA) is 64.1 Å². The molecule has 1 aliphatic rings. The van der Waals surface area contributed by atoms with Gasteiger partial charge in [0.2, 0.25) is 0 Å². The third-order valence-corrected chi connectivity index (χ3v) is 4.72. The highest BCUT2D eigenvalue weighted by Crippen LogP contribution is 2.42. The number of methoxy groups -OCH3 is 1. The van der Waals surface area contributed by atoms with E-state index >= 15 is 0 Å². The van der Waals surface area contributed by atoms with Crippen molar-refractivity contribution in [3.63, 3.8) is 0 Å². The number of benzene rings is 1. The predicted octanol–water partition coefficient (Wildman–Crippen LogP) is 3.36. The predicted molar refractivity (Wildman–Crippen MR) is 91.0 cm³/mol. The van der Waals surface area contributed by atoms with E-state index in [-0.39, 0.29) is 11.7 Å². The van der Waals surface area contributed by atoms with Gasteiger partial charge in [0.25, 0.3) is 0 Å². The molecule has 0 aliphatic heterocycles. The average molecular weight is 350 g/mol. The van der Waals surface area contributed by atoms with Gasteiger partial charge >= 0.3 is 5.97 Å². The molecule has 1 aliphatic carbocycles. The smallest absolute Gasteiger partial charge is 0.316 e. The maximum Gasteiger partial charge on any atom is 0.316 e. The summed E-state index contributed by atoms with van der Waals surface area (Å²) in [5.41, 5.74) is 1.27. The van der Waals surface area contributed by atoms with Crippen LogP contribution in [0.25, 0.3) is 0 Å². The molecule has 1 aromatic heterocycles. The third kappa shape index (κ3) is 4.36. The molecule has 0 saturated heterocycles. The van der Waals surface area contributed by atoms with Crippen molar-refractivity contribution in [2.45, 2.75) is 23.4 Å². The molecular formula is C16H16ClN3O2S. The lowest BCUT2D eigenvalue weighted by atomic mass is 10.1. The Bertz CT molecular complexity index is 696. The summed E-state index contributed by atoms with van der Waals surface area (Å²) in [5.74, 6) is 1.15. The standard InChI is InChI=1S/C16H16ClN3O2S/c1-22-16(21)9-23-15-8-18-7-14(20-15)19-13-6-12(13)10-2-4-11(17)5-3-10/h2-5,7-8,12-13H,6,9H2,1H3,(H,19,20). The molecule has 7 heteroatoms. The van der Waals surface area contributed by atoms with Crippen LogP contribution in [0.1, 0.15) is 17.9 Å². The van der Waals surface area contributed by atoms with E-state index in [0.717, 1.165) is 17.3 Å². The number of thioether (sulfide) groups is 1. The van der Waals surface area contributed by atoms with Gasteiger partial charge in [-0.25, -0.2) is 4.98 Å². The van der Waals surface area contributed by atoms with Gasteiger partial charge in [0.1, 0.15) is 10.8 Å². The molecule has 23 heavy (non-hydrogen) atoms. The van der Waals surface area contributed by atoms with Gasteiger partial charge in [-0.3, -0.25) is 9.78 Å². The summed E-state index contributed by atoms with van der Waals surface area (Å²) in [7, 11) is 1.37. The van der Waals surface area contributed by atoms with Gasteiger partial charge in [0.05, 0.1) is 25.3 Å². The zero-order valence-electron chi connectivity index (χ0n) is 12.5. The summed E-state index contributed by atoms with van der Waals surface area (Å²) < 4.78 is 4.62. The molecule has 2 unspecified atom stereocenters. The van der Waals surface area contributed by atoms with Gasteiger partial charge < -0.3 is 10.1 Å². The number of carbonyl (C=O) groups excluding carboxylic acids is 1. The lowest BCUT2D eigenvalue weighted by Crippen LogP contribution is -2.07. The van der Waals surface area contributed by atoms with Gasteiger partial charge in [0.15, 0.2) is 0 Å². The number of halogens is 1. The largest absolute Gasteiger partial charge is 0.468 e. The van der Waals surface area contributed by atoms with Gasteiger partial charge in [-0.1, -0.05) is 35.5 Å². The molecule has 2 aromatic rings. The first-order chi connectivity index (χ1) is 11.2. The van der Waals surface area contributed by atoms with Crippen molar-refractivity contribution in [3.8, 4) is 0 Å². The number of carbonyl (C=O) groups is 1. The maximum atomic E-state index is 11.2. The van der Waals surface area contributed by atoms with Crippen molar-refractivity contribution in [1.82, 2.24) is 9.97 Å². The Balaban J connectivity index is 1.57. The first kappa shape index (κ1) is 16.1. The SMILES string of the molecule is COC(=O)CSc1cncc(NC2CC2c2ccc(Cl)cc2)n1. The number of anilines is 1. The number of rotatable bonds is 6. The first-order valence-electron chi connectivity index (χ1n) is 7.19. The summed E-state index contributed by atoms with van der Waals surface area (Å²) in [6, 6.07) is 8.30. The van der Waals surface area contributed by atoms with Gasteiger partial charge in [-0.15, -0.1) is 0 Å². The molecule has 1 heterocycles. The maximum absolute atomic E-state index is 11.2. The van der Waals surface area contributed by atoms with Crippen molar-refractivity contribution >= 4 is 35.1 Å². The second-order valence-electron chi connectivity index (χ2n) is 5.25. The monoisotopic (exact) mass is 349 g/mol. The quantitative estimate of drug-likeness (QED) is 0.637. The first-order valence-corrected chi connectivity index (χ1v) is 8.55. The van der Waals surface area contributed by atoms with Crippen LogP contribution in [0.15, 0.2) is 41.7 Å². The number of hydrogen-bond donors (Lipinski definition) is 1. The summed E-state index contributed by atoms with van der Waals surface area (Å²) >= 11 is 7.22. The minimum Gasteiger partial charge on any atom is -0.468 e. The number of esters is 1. The number of nitrogens with zero attached hydrogens (tertiary/aromatic N) is 2. The average Bonchev–Trinajstić information content (AvgIpc) is 3.32. The van der Waals surface area contributed by atoms with Crippen LogP contribution in [-0.4, -0.2) is 34.8 Å². The summed E-state index contributed by atoms with van der Waals surface area (Å²) in [6.45, 7) is 0. The van der Waals surface area contributed by atoms with Crippen LogP contribution in [0.4, 0.5) is 5.82 Å². The zero-order chi connectivity index (χ0) is 16.2. The Morgan fingerprint density at radius 3 is 2.91 bits per heavy atom. The van der Waals surface area contributed by atoms with E-state index in [2.05, 4.69) is 32.2 Å². The molecule has 0 spiro atoms. The Labute approximate surface area is 143 Å². The highest BCUT2D eigenvalue weighted by atomic mass is 35.5. The Hall–Kier alpha value is -1.79. The van der Waals surface area contributed by atoms with Crippen molar-refractivity contribution < 1.29 is 9.53 Å². The van der Waals surface area contributed by atoms with E-state index in [9.17, 15) is 4.79 Å². The summed E-state index contributed by atoms with van der Waals surface area (Å²) in [6.07, 6.45) is 4.39. The molecule has 1 N–H and O–H groups in total. The number of ether oxygens (including phenoxy) is 1. The van der Waals surface area contributed by atoms with Crippen molar-refractivity contribution in [1.29, 1.82) is 0 Å². The second-order valence-corrected chi connectivity index (χ2v) is 6.68. The highest BCUT2D eigenvalue weighted by molar-refractivity contribution is 7.99. The molecule has 120 valence electrons. The van der Waals surface area contributed by atoms with Crippen LogP contribution in [0.3, 0.4) is 0 Å². The lowest BCUT2D eigenvalue weighted by molar-refractivity contribution is -0.137. The van der Waals surface area contributed by atoms with Gasteiger partial charge in [0, 0.05) is 17.0 Å². The molecule has 0 radical (unpaired) electrons. The number of aromatic nitrogens is 2. The molecule has 5 nitrogen and oxygen atoms in total. The van der Waals surface area contributed by atoms with Crippen LogP contribution in [0, 0.1) is 0 Å². The van der Waals surface area contributed by atoms with Crippen molar-refractivity contribution in [2.75, 3.05) is 18.2 Å². The molecule has 2 atom stereocenters. The summed E-state index contributed by atoms with van der Waals surface area (Å²) in [5, 5.41) is 4.83. The van der Waals surface area contributed by atoms with E-state index < -0.39 is 0 Å². The van der Waals surface area contributed by atoms with E-state index in [1.165, 1.54) is 24.4 Å². The molecule has 1 fully saturated rings. The fourth-order valence-electron chi connectivity index (χ4n) is 2.30. The minimum atomic E-state index is -0.278. The third-order valence-electron chi connectivity index (χ3n) is 3.60. The van der Waals surface area contributed by atoms with Crippen LogP contribution in [0.5, 0.6) is 0 Å². The Morgan fingerprint density at radius 1 is 1.39 bits per heavy atom. The second kappa shape index (κ2) is 7.19. The Morgan fingerprint density at radius 2 is 2.17 bits per heavy atom. The fourth-order valence-corrected chi connectivity index (χ4v) is 3.11. The zero-order valence-corrected chi connectivity index (χ0v) is 14.1. The van der Waals surface area contributed by atoms with E-state index in [1.54, 1.807) is 12.4 Å². The summed E-state index contributed by atoms with van der Waals surface area (Å²) in [4.78, 5) is 19.8. The van der Waals surface area contributed by atoms with Crippen molar-refractivity contribution in [2.24, 2.45) is 0 Å². The van der Waals surface area contributed by atoms with Gasteiger partial charge in [-0.2, -0.15) is 0 Å². The van der Waals surface area contributed by atoms with Crippen LogP contribution in [-0.2, 0) is 9.53 Å². The molecule has 0 bridgehead atoms.